The molecule has 5 rings (SSSR count). The Balaban J connectivity index is 0.00000180. The van der Waals surface area contributed by atoms with Crippen LogP contribution < -0.4 is 5.32 Å². The van der Waals surface area contributed by atoms with Crippen LogP contribution in [0.25, 0.3) is 11.3 Å². The summed E-state index contributed by atoms with van der Waals surface area (Å²) in [6.07, 6.45) is 9.14. The summed E-state index contributed by atoms with van der Waals surface area (Å²) >= 11 is 0. The van der Waals surface area contributed by atoms with E-state index in [4.69, 9.17) is 0 Å². The third-order valence-electron chi connectivity index (χ3n) is 6.24. The highest BCUT2D eigenvalue weighted by molar-refractivity contribution is 5.91. The van der Waals surface area contributed by atoms with Crippen molar-refractivity contribution in [1.82, 2.24) is 9.88 Å². The van der Waals surface area contributed by atoms with Crippen molar-refractivity contribution in [2.45, 2.75) is 63.5 Å². The molecule has 1 N–H and O–H groups in total. The molecule has 1 aliphatic carbocycles. The summed E-state index contributed by atoms with van der Waals surface area (Å²) in [6.45, 7) is 2.12. The van der Waals surface area contributed by atoms with Crippen LogP contribution in [-0.4, -0.2) is 28.0 Å². The molecule has 2 amide bonds. The van der Waals surface area contributed by atoms with Gasteiger partial charge in [0.25, 0.3) is 0 Å². The molecule has 3 heterocycles. The zero-order chi connectivity index (χ0) is 17.7. The van der Waals surface area contributed by atoms with Gasteiger partial charge in [0.1, 0.15) is 0 Å². The number of pyridine rings is 1. The van der Waals surface area contributed by atoms with E-state index in [2.05, 4.69) is 40.3 Å². The van der Waals surface area contributed by atoms with E-state index < -0.39 is 0 Å². The van der Waals surface area contributed by atoms with Gasteiger partial charge < -0.3 is 10.2 Å². The number of nitrogens with one attached hydrogen (secondary N) is 1. The van der Waals surface area contributed by atoms with Crippen molar-refractivity contribution in [3.05, 3.63) is 47.7 Å². The van der Waals surface area contributed by atoms with Crippen LogP contribution in [0.15, 0.2) is 36.5 Å². The molecule has 2 aromatic rings. The molecule has 1 aromatic carbocycles. The highest BCUT2D eigenvalue weighted by atomic mass is 16.2. The summed E-state index contributed by atoms with van der Waals surface area (Å²) in [5.41, 5.74) is 5.62. The molecule has 136 valence electrons. The minimum Gasteiger partial charge on any atom is -0.318 e. The molecule has 2 aliphatic heterocycles. The standard InChI is InChI=1S/C22H25N3O.H2/c1-14-7-10-16(24-22(26)25-17-4-2-5-18(25)13-17)12-20(14)21-19(15-8-9-15)6-3-11-23-21;/h3,6-7,10-12,15,17-18H,2,4-5,8-9,13H2,1H3,(H,24,26);1H. The highest BCUT2D eigenvalue weighted by Gasteiger charge is 2.44. The first-order valence-corrected chi connectivity index (χ1v) is 9.86. The smallest absolute Gasteiger partial charge is 0.318 e. The van der Waals surface area contributed by atoms with Crippen molar-refractivity contribution in [2.75, 3.05) is 5.32 Å². The van der Waals surface area contributed by atoms with Crippen LogP contribution >= 0.6 is 0 Å². The molecule has 3 fully saturated rings. The van der Waals surface area contributed by atoms with Gasteiger partial charge in [-0.2, -0.15) is 0 Å². The fraction of sp³-hybridized carbons (Fsp3) is 0.455. The molecule has 2 atom stereocenters. The maximum Gasteiger partial charge on any atom is 0.322 e. The van der Waals surface area contributed by atoms with E-state index in [1.54, 1.807) is 0 Å². The van der Waals surface area contributed by atoms with Crippen LogP contribution in [0.1, 0.15) is 57.0 Å². The normalized spacial score (nSPS) is 24.1. The van der Waals surface area contributed by atoms with Gasteiger partial charge in [-0.3, -0.25) is 4.98 Å². The summed E-state index contributed by atoms with van der Waals surface area (Å²) in [5.74, 6) is 0.650. The maximum absolute atomic E-state index is 12.7. The van der Waals surface area contributed by atoms with E-state index in [0.717, 1.165) is 29.8 Å². The molecular formula is C22H27N3O. The Hall–Kier alpha value is -2.36. The van der Waals surface area contributed by atoms with Gasteiger partial charge in [-0.25, -0.2) is 4.79 Å². The van der Waals surface area contributed by atoms with Crippen LogP contribution in [0.3, 0.4) is 0 Å². The van der Waals surface area contributed by atoms with E-state index in [0.29, 0.717) is 18.0 Å². The molecular weight excluding hydrogens is 322 g/mol. The molecule has 2 unspecified atom stereocenters. The Morgan fingerprint density at radius 2 is 2.00 bits per heavy atom. The Bertz CT molecular complexity index is 850. The molecule has 2 bridgehead atoms. The molecule has 2 saturated heterocycles. The van der Waals surface area contributed by atoms with Gasteiger partial charge >= 0.3 is 6.03 Å². The minimum atomic E-state index is 0. The topological polar surface area (TPSA) is 45.2 Å². The molecule has 4 heteroatoms. The minimum absolute atomic E-state index is 0. The van der Waals surface area contributed by atoms with Crippen molar-refractivity contribution in [2.24, 2.45) is 0 Å². The first kappa shape index (κ1) is 15.9. The Kier molecular flexibility index (Phi) is 3.73. The summed E-state index contributed by atoms with van der Waals surface area (Å²) in [4.78, 5) is 19.5. The Morgan fingerprint density at radius 1 is 1.19 bits per heavy atom. The van der Waals surface area contributed by atoms with Crippen LogP contribution in [-0.2, 0) is 0 Å². The number of nitrogens with zero attached hydrogens (tertiary/aromatic N) is 2. The van der Waals surface area contributed by atoms with Crippen LogP contribution in [0.2, 0.25) is 0 Å². The quantitative estimate of drug-likeness (QED) is 0.813. The number of amides is 2. The lowest BCUT2D eigenvalue weighted by Gasteiger charge is -2.52. The number of anilines is 1. The summed E-state index contributed by atoms with van der Waals surface area (Å²) < 4.78 is 0. The fourth-order valence-electron chi connectivity index (χ4n) is 4.65. The molecule has 1 saturated carbocycles. The van der Waals surface area contributed by atoms with Gasteiger partial charge in [0.15, 0.2) is 0 Å². The predicted molar refractivity (Wildman–Crippen MR) is 105 cm³/mol. The summed E-state index contributed by atoms with van der Waals surface area (Å²) in [7, 11) is 0. The first-order valence-electron chi connectivity index (χ1n) is 9.86. The van der Waals surface area contributed by atoms with Crippen molar-refractivity contribution in [3.63, 3.8) is 0 Å². The van der Waals surface area contributed by atoms with Gasteiger partial charge in [-0.15, -0.1) is 0 Å². The highest BCUT2D eigenvalue weighted by Crippen LogP contribution is 2.44. The maximum atomic E-state index is 12.7. The lowest BCUT2D eigenvalue weighted by Crippen LogP contribution is -2.62. The number of urea groups is 1. The van der Waals surface area contributed by atoms with E-state index in [1.807, 2.05) is 18.3 Å². The van der Waals surface area contributed by atoms with E-state index in [9.17, 15) is 4.79 Å². The number of carbonyl (C=O) groups is 1. The summed E-state index contributed by atoms with van der Waals surface area (Å²) in [5, 5.41) is 3.13. The number of hydrogen-bond donors (Lipinski definition) is 1. The lowest BCUT2D eigenvalue weighted by atomic mass is 9.80. The van der Waals surface area contributed by atoms with Gasteiger partial charge in [0, 0.05) is 31.0 Å². The fourth-order valence-corrected chi connectivity index (χ4v) is 4.65. The van der Waals surface area contributed by atoms with Crippen LogP contribution in [0.5, 0.6) is 0 Å². The van der Waals surface area contributed by atoms with Gasteiger partial charge in [-0.1, -0.05) is 12.1 Å². The third-order valence-corrected chi connectivity index (χ3v) is 6.24. The number of benzene rings is 1. The number of hydrogen-bond acceptors (Lipinski definition) is 2. The average molecular weight is 349 g/mol. The molecule has 1 aromatic heterocycles. The Morgan fingerprint density at radius 3 is 2.73 bits per heavy atom. The predicted octanol–water partition coefficient (Wildman–Crippen LogP) is 5.34. The number of fused-ring (bicyclic) bond motifs is 2. The van der Waals surface area contributed by atoms with E-state index in [1.165, 1.54) is 36.8 Å². The SMILES string of the molecule is Cc1ccc(NC(=O)N2C3CCCC2C3)cc1-c1ncccc1C1CC1.[HH]. The molecule has 4 nitrogen and oxygen atoms in total. The van der Waals surface area contributed by atoms with E-state index >= 15 is 0 Å². The number of piperidine rings is 1. The Labute approximate surface area is 156 Å². The van der Waals surface area contributed by atoms with Gasteiger partial charge in [0.2, 0.25) is 0 Å². The number of aromatic nitrogens is 1. The zero-order valence-electron chi connectivity index (χ0n) is 15.2. The second kappa shape index (κ2) is 6.11. The molecule has 0 radical (unpaired) electrons. The molecule has 26 heavy (non-hydrogen) atoms. The first-order chi connectivity index (χ1) is 12.7. The second-order valence-electron chi connectivity index (χ2n) is 8.06. The average Bonchev–Trinajstić information content (AvgIpc) is 3.49. The van der Waals surface area contributed by atoms with Crippen molar-refractivity contribution < 1.29 is 6.22 Å². The largest absolute Gasteiger partial charge is 0.322 e. The summed E-state index contributed by atoms with van der Waals surface area (Å²) in [6, 6.07) is 11.4. The van der Waals surface area contributed by atoms with Crippen LogP contribution in [0, 0.1) is 6.92 Å². The lowest BCUT2D eigenvalue weighted by molar-refractivity contribution is 0.0173. The molecule has 3 aliphatic rings. The van der Waals surface area contributed by atoms with Crippen molar-refractivity contribution >= 4 is 11.7 Å². The number of rotatable bonds is 3. The third kappa shape index (κ3) is 2.68. The van der Waals surface area contributed by atoms with Crippen molar-refractivity contribution in [1.29, 1.82) is 0 Å². The van der Waals surface area contributed by atoms with Crippen LogP contribution in [0.4, 0.5) is 10.5 Å². The monoisotopic (exact) mass is 349 g/mol. The van der Waals surface area contributed by atoms with Gasteiger partial charge in [-0.05, 0) is 80.7 Å². The van der Waals surface area contributed by atoms with E-state index in [-0.39, 0.29) is 7.46 Å². The number of aryl methyl sites for hydroxylation is 1. The molecule has 0 spiro atoms. The second-order valence-corrected chi connectivity index (χ2v) is 8.06. The van der Waals surface area contributed by atoms with Gasteiger partial charge in [0.05, 0.1) is 5.69 Å². The zero-order valence-corrected chi connectivity index (χ0v) is 15.2. The van der Waals surface area contributed by atoms with Crippen molar-refractivity contribution in [3.8, 4) is 11.3 Å². The number of carbonyl (C=O) groups excluding carboxylic acids is 1.